The fourth-order valence-corrected chi connectivity index (χ4v) is 3.78. The molecular weight excluding hydrogens is 236 g/mol. The molecule has 2 rings (SSSR count). The molecule has 110 valence electrons. The average Bonchev–Trinajstić information content (AvgIpc) is 2.60. The predicted octanol–water partition coefficient (Wildman–Crippen LogP) is 3.01. The SMILES string of the molecule is CCCC1NC(CC)N(CC2C(C)(C)C2(C)C)C1=O. The van der Waals surface area contributed by atoms with Gasteiger partial charge in [0.2, 0.25) is 5.91 Å². The molecule has 2 fully saturated rings. The largest absolute Gasteiger partial charge is 0.325 e. The number of hydrogen-bond acceptors (Lipinski definition) is 2. The number of rotatable bonds is 5. The molecule has 1 aliphatic carbocycles. The summed E-state index contributed by atoms with van der Waals surface area (Å²) in [6.45, 7) is 14.5. The Morgan fingerprint density at radius 3 is 2.16 bits per heavy atom. The Hall–Kier alpha value is -0.570. The minimum atomic E-state index is 0.0555. The molecule has 2 aliphatic rings. The summed E-state index contributed by atoms with van der Waals surface area (Å²) in [7, 11) is 0. The second-order valence-electron chi connectivity index (χ2n) is 7.42. The van der Waals surface area contributed by atoms with Crippen molar-refractivity contribution < 1.29 is 4.79 Å². The van der Waals surface area contributed by atoms with E-state index in [4.69, 9.17) is 0 Å². The lowest BCUT2D eigenvalue weighted by molar-refractivity contribution is -0.130. The monoisotopic (exact) mass is 266 g/mol. The molecule has 3 nitrogen and oxygen atoms in total. The third-order valence-corrected chi connectivity index (χ3v) is 6.01. The third kappa shape index (κ3) is 2.20. The molecule has 1 saturated heterocycles. The Balaban J connectivity index is 2.05. The Bertz CT molecular complexity index is 348. The second-order valence-corrected chi connectivity index (χ2v) is 7.42. The molecule has 0 aromatic heterocycles. The first-order chi connectivity index (χ1) is 8.77. The van der Waals surface area contributed by atoms with Gasteiger partial charge in [-0.15, -0.1) is 0 Å². The van der Waals surface area contributed by atoms with Crippen LogP contribution < -0.4 is 5.32 Å². The Morgan fingerprint density at radius 2 is 1.74 bits per heavy atom. The first-order valence-corrected chi connectivity index (χ1v) is 7.83. The van der Waals surface area contributed by atoms with E-state index in [0.717, 1.165) is 25.8 Å². The van der Waals surface area contributed by atoms with Crippen LogP contribution in [0.5, 0.6) is 0 Å². The van der Waals surface area contributed by atoms with Crippen LogP contribution in [0.15, 0.2) is 0 Å². The van der Waals surface area contributed by atoms with E-state index < -0.39 is 0 Å². The Labute approximate surface area is 118 Å². The summed E-state index contributed by atoms with van der Waals surface area (Å²) in [6, 6.07) is 0.0555. The maximum absolute atomic E-state index is 12.5. The molecule has 1 N–H and O–H groups in total. The van der Waals surface area contributed by atoms with E-state index in [9.17, 15) is 4.79 Å². The molecule has 0 aromatic carbocycles. The Morgan fingerprint density at radius 1 is 1.16 bits per heavy atom. The summed E-state index contributed by atoms with van der Waals surface area (Å²) in [5.41, 5.74) is 0.711. The van der Waals surface area contributed by atoms with Crippen molar-refractivity contribution in [2.75, 3.05) is 6.54 Å². The highest BCUT2D eigenvalue weighted by Crippen LogP contribution is 2.68. The van der Waals surface area contributed by atoms with Crippen LogP contribution in [-0.4, -0.2) is 29.6 Å². The zero-order chi connectivity index (χ0) is 14.4. The summed E-state index contributed by atoms with van der Waals surface area (Å²) in [6.07, 6.45) is 3.27. The number of amides is 1. The molecule has 1 aliphatic heterocycles. The van der Waals surface area contributed by atoms with Crippen molar-refractivity contribution in [3.05, 3.63) is 0 Å². The van der Waals surface area contributed by atoms with Gasteiger partial charge in [0.05, 0.1) is 12.2 Å². The van der Waals surface area contributed by atoms with E-state index in [0.29, 0.717) is 22.7 Å². The van der Waals surface area contributed by atoms with Gasteiger partial charge in [-0.05, 0) is 29.6 Å². The quantitative estimate of drug-likeness (QED) is 0.829. The number of nitrogens with zero attached hydrogens (tertiary/aromatic N) is 1. The highest BCUT2D eigenvalue weighted by Gasteiger charge is 2.65. The fraction of sp³-hybridized carbons (Fsp3) is 0.938. The molecular formula is C16H30N2O. The molecule has 0 bridgehead atoms. The van der Waals surface area contributed by atoms with Gasteiger partial charge in [-0.1, -0.05) is 48.0 Å². The Kier molecular flexibility index (Phi) is 3.72. The smallest absolute Gasteiger partial charge is 0.241 e. The van der Waals surface area contributed by atoms with E-state index in [2.05, 4.69) is 51.8 Å². The zero-order valence-electron chi connectivity index (χ0n) is 13.4. The van der Waals surface area contributed by atoms with Crippen LogP contribution in [0.3, 0.4) is 0 Å². The lowest BCUT2D eigenvalue weighted by Crippen LogP contribution is -2.38. The zero-order valence-corrected chi connectivity index (χ0v) is 13.4. The van der Waals surface area contributed by atoms with Gasteiger partial charge in [-0.2, -0.15) is 0 Å². The highest BCUT2D eigenvalue weighted by molar-refractivity contribution is 5.84. The van der Waals surface area contributed by atoms with Crippen LogP contribution in [0, 0.1) is 16.7 Å². The maximum Gasteiger partial charge on any atom is 0.241 e. The van der Waals surface area contributed by atoms with Gasteiger partial charge in [-0.3, -0.25) is 10.1 Å². The topological polar surface area (TPSA) is 32.3 Å². The van der Waals surface area contributed by atoms with Gasteiger partial charge in [0.1, 0.15) is 0 Å². The molecule has 1 heterocycles. The van der Waals surface area contributed by atoms with E-state index >= 15 is 0 Å². The molecule has 3 heteroatoms. The van der Waals surface area contributed by atoms with E-state index in [-0.39, 0.29) is 12.2 Å². The van der Waals surface area contributed by atoms with Gasteiger partial charge >= 0.3 is 0 Å². The molecule has 1 saturated carbocycles. The van der Waals surface area contributed by atoms with Crippen molar-refractivity contribution in [1.82, 2.24) is 10.2 Å². The average molecular weight is 266 g/mol. The van der Waals surface area contributed by atoms with Gasteiger partial charge in [0.25, 0.3) is 0 Å². The van der Waals surface area contributed by atoms with Crippen LogP contribution in [-0.2, 0) is 4.79 Å². The van der Waals surface area contributed by atoms with E-state index in [1.807, 2.05) is 0 Å². The van der Waals surface area contributed by atoms with Crippen molar-refractivity contribution in [3.8, 4) is 0 Å². The first-order valence-electron chi connectivity index (χ1n) is 7.83. The normalized spacial score (nSPS) is 32.9. The minimum Gasteiger partial charge on any atom is -0.325 e. The van der Waals surface area contributed by atoms with Crippen molar-refractivity contribution in [1.29, 1.82) is 0 Å². The van der Waals surface area contributed by atoms with Gasteiger partial charge in [0.15, 0.2) is 0 Å². The molecule has 2 atom stereocenters. The van der Waals surface area contributed by atoms with Crippen molar-refractivity contribution >= 4 is 5.91 Å². The summed E-state index contributed by atoms with van der Waals surface area (Å²) < 4.78 is 0. The standard InChI is InChI=1S/C16H30N2O/c1-7-9-11-14(19)18(13(8-2)17-11)10-12-15(3,4)16(12,5)6/h11-13,17H,7-10H2,1-6H3. The minimum absolute atomic E-state index is 0.0555. The predicted molar refractivity (Wildman–Crippen MR) is 78.7 cm³/mol. The van der Waals surface area contributed by atoms with Crippen molar-refractivity contribution in [3.63, 3.8) is 0 Å². The lowest BCUT2D eigenvalue weighted by atomic mass is 10.0. The summed E-state index contributed by atoms with van der Waals surface area (Å²) in [5, 5.41) is 3.51. The van der Waals surface area contributed by atoms with Crippen LogP contribution in [0.25, 0.3) is 0 Å². The van der Waals surface area contributed by atoms with E-state index in [1.165, 1.54) is 0 Å². The maximum atomic E-state index is 12.5. The summed E-state index contributed by atoms with van der Waals surface area (Å²) in [4.78, 5) is 14.6. The van der Waals surface area contributed by atoms with Crippen LogP contribution >= 0.6 is 0 Å². The van der Waals surface area contributed by atoms with Crippen molar-refractivity contribution in [2.24, 2.45) is 16.7 Å². The molecule has 0 spiro atoms. The molecule has 0 radical (unpaired) electrons. The van der Waals surface area contributed by atoms with Crippen LogP contribution in [0.4, 0.5) is 0 Å². The molecule has 2 unspecified atom stereocenters. The first kappa shape index (κ1) is 14.8. The number of carbonyl (C=O) groups excluding carboxylic acids is 1. The van der Waals surface area contributed by atoms with Crippen molar-refractivity contribution in [2.45, 2.75) is 73.0 Å². The third-order valence-electron chi connectivity index (χ3n) is 6.01. The number of hydrogen-bond donors (Lipinski definition) is 1. The second kappa shape index (κ2) is 4.76. The van der Waals surface area contributed by atoms with Gasteiger partial charge in [-0.25, -0.2) is 0 Å². The highest BCUT2D eigenvalue weighted by atomic mass is 16.2. The fourth-order valence-electron chi connectivity index (χ4n) is 3.78. The van der Waals surface area contributed by atoms with Crippen LogP contribution in [0.2, 0.25) is 0 Å². The molecule has 1 amide bonds. The van der Waals surface area contributed by atoms with Crippen LogP contribution in [0.1, 0.15) is 60.8 Å². The van der Waals surface area contributed by atoms with Gasteiger partial charge < -0.3 is 4.90 Å². The van der Waals surface area contributed by atoms with E-state index in [1.54, 1.807) is 0 Å². The molecule has 0 aromatic rings. The summed E-state index contributed by atoms with van der Waals surface area (Å²) in [5.74, 6) is 0.951. The number of carbonyl (C=O) groups is 1. The molecule has 19 heavy (non-hydrogen) atoms. The van der Waals surface area contributed by atoms with Gasteiger partial charge in [0, 0.05) is 6.54 Å². The summed E-state index contributed by atoms with van der Waals surface area (Å²) >= 11 is 0. The lowest BCUT2D eigenvalue weighted by Gasteiger charge is -2.24. The number of nitrogens with one attached hydrogen (secondary N) is 1.